The summed E-state index contributed by atoms with van der Waals surface area (Å²) in [4.78, 5) is 14.6. The van der Waals surface area contributed by atoms with Crippen molar-refractivity contribution in [3.63, 3.8) is 0 Å². The number of benzene rings is 2. The van der Waals surface area contributed by atoms with E-state index in [1.54, 1.807) is 21.6 Å². The minimum Gasteiger partial charge on any atom is -0.289 e. The largest absolute Gasteiger partial charge is 0.289 e. The van der Waals surface area contributed by atoms with Crippen LogP contribution < -0.4 is 0 Å². The number of carbonyl (C=O) groups is 1. The average Bonchev–Trinajstić information content (AvgIpc) is 3.12. The highest BCUT2D eigenvalue weighted by atomic mass is 79.9. The van der Waals surface area contributed by atoms with Gasteiger partial charge in [0.15, 0.2) is 5.78 Å². The Morgan fingerprint density at radius 1 is 0.741 bits per heavy atom. The summed E-state index contributed by atoms with van der Waals surface area (Å²) in [7, 11) is 3.56. The first kappa shape index (κ1) is 18.6. The minimum absolute atomic E-state index is 0.133. The molecule has 0 saturated heterocycles. The number of allylic oxidation sites excluding steroid dienone is 6. The van der Waals surface area contributed by atoms with Crippen LogP contribution in [-0.2, 0) is 4.79 Å². The molecule has 0 bridgehead atoms. The molecule has 0 atom stereocenters. The second kappa shape index (κ2) is 7.70. The van der Waals surface area contributed by atoms with E-state index in [0.29, 0.717) is 0 Å². The molecule has 2 aliphatic rings. The molecule has 0 radical (unpaired) electrons. The lowest BCUT2D eigenvalue weighted by Crippen LogP contribution is -2.06. The van der Waals surface area contributed by atoms with E-state index >= 15 is 0 Å². The summed E-state index contributed by atoms with van der Waals surface area (Å²) < 4.78 is 1.07. The Bertz CT molecular complexity index is 1020. The molecule has 4 rings (SSSR count). The topological polar surface area (TPSA) is 17.1 Å². The van der Waals surface area contributed by atoms with Crippen LogP contribution in [0.5, 0.6) is 0 Å². The highest BCUT2D eigenvalue weighted by Gasteiger charge is 2.27. The molecular weight excluding hydrogens is 436 g/mol. The number of carbonyl (C=O) groups excluding carboxylic acids is 1. The summed E-state index contributed by atoms with van der Waals surface area (Å²) in [5.74, 6) is 0.133. The number of hydrogen-bond acceptors (Lipinski definition) is 3. The van der Waals surface area contributed by atoms with Crippen molar-refractivity contribution in [1.29, 1.82) is 0 Å². The van der Waals surface area contributed by atoms with Gasteiger partial charge < -0.3 is 0 Å². The number of halogens is 1. The highest BCUT2D eigenvalue weighted by Crippen LogP contribution is 2.59. The molecule has 1 nitrogen and oxygen atoms in total. The van der Waals surface area contributed by atoms with Crippen LogP contribution in [0.2, 0.25) is 0 Å². The molecule has 0 N–H and O–H groups in total. The Morgan fingerprint density at radius 2 is 1.33 bits per heavy atom. The Morgan fingerprint density at radius 3 is 1.96 bits per heavy atom. The first-order valence-corrected chi connectivity index (χ1v) is 11.5. The van der Waals surface area contributed by atoms with Crippen LogP contribution in [0.3, 0.4) is 0 Å². The Balaban J connectivity index is 1.95. The lowest BCUT2D eigenvalue weighted by molar-refractivity contribution is -0.112. The van der Waals surface area contributed by atoms with Crippen LogP contribution in [0, 0.1) is 0 Å². The normalized spacial score (nSPS) is 17.4. The number of Topliss-reactive ketones (excluding diaryl/α,β-unsaturated/α-hetero) is 1. The second-order valence-corrected chi connectivity index (χ2v) is 9.58. The van der Waals surface area contributed by atoms with E-state index < -0.39 is 0 Å². The maximum atomic E-state index is 12.2. The molecule has 27 heavy (non-hydrogen) atoms. The van der Waals surface area contributed by atoms with Crippen molar-refractivity contribution in [2.45, 2.75) is 13.8 Å². The van der Waals surface area contributed by atoms with Crippen molar-refractivity contribution in [3.8, 4) is 0 Å². The maximum Gasteiger partial charge on any atom is 0.184 e. The molecule has 2 aromatic carbocycles. The van der Waals surface area contributed by atoms with Gasteiger partial charge in [-0.25, -0.2) is 0 Å². The van der Waals surface area contributed by atoms with Crippen LogP contribution in [0.15, 0.2) is 92.8 Å². The van der Waals surface area contributed by atoms with Crippen molar-refractivity contribution >= 4 is 53.8 Å². The molecule has 2 aromatic rings. The summed E-state index contributed by atoms with van der Waals surface area (Å²) in [5, 5.41) is 0. The third-order valence-electron chi connectivity index (χ3n) is 4.55. The van der Waals surface area contributed by atoms with E-state index in [0.717, 1.165) is 21.2 Å². The fraction of sp³-hybridized carbons (Fsp3) is 0.0870. The van der Waals surface area contributed by atoms with E-state index in [9.17, 15) is 4.79 Å². The molecule has 0 aromatic heterocycles. The van der Waals surface area contributed by atoms with Gasteiger partial charge in [-0.3, -0.25) is 4.79 Å². The molecule has 134 valence electrons. The molecule has 1 aliphatic heterocycles. The summed E-state index contributed by atoms with van der Waals surface area (Å²) in [6.07, 6.45) is 4.04. The van der Waals surface area contributed by atoms with Crippen LogP contribution in [-0.4, -0.2) is 5.78 Å². The zero-order chi connectivity index (χ0) is 19.0. The summed E-state index contributed by atoms with van der Waals surface area (Å²) in [5.41, 5.74) is 6.36. The van der Waals surface area contributed by atoms with Gasteiger partial charge in [0.1, 0.15) is 0 Å². The zero-order valence-corrected chi connectivity index (χ0v) is 18.2. The summed E-state index contributed by atoms with van der Waals surface area (Å²) in [6, 6.07) is 19.0. The third kappa shape index (κ3) is 3.66. The highest BCUT2D eigenvalue weighted by molar-refractivity contribution is 9.10. The Hall–Kier alpha value is -1.75. The molecule has 0 saturated carbocycles. The van der Waals surface area contributed by atoms with Gasteiger partial charge in [0.2, 0.25) is 0 Å². The Labute approximate surface area is 175 Å². The predicted octanol–water partition coefficient (Wildman–Crippen LogP) is 7.44. The van der Waals surface area contributed by atoms with E-state index in [1.807, 2.05) is 32.1 Å². The number of ketones is 1. The lowest BCUT2D eigenvalue weighted by Gasteiger charge is -2.14. The molecule has 1 heterocycles. The van der Waals surface area contributed by atoms with Crippen LogP contribution >= 0.6 is 37.5 Å². The van der Waals surface area contributed by atoms with E-state index in [-0.39, 0.29) is 5.78 Å². The van der Waals surface area contributed by atoms with Crippen molar-refractivity contribution in [2.75, 3.05) is 0 Å². The fourth-order valence-corrected chi connectivity index (χ4v) is 6.33. The first-order chi connectivity index (χ1) is 13.0. The predicted molar refractivity (Wildman–Crippen MR) is 122 cm³/mol. The number of rotatable bonds is 2. The minimum atomic E-state index is 0.133. The van der Waals surface area contributed by atoms with Crippen molar-refractivity contribution in [1.82, 2.24) is 0 Å². The van der Waals surface area contributed by atoms with Crippen molar-refractivity contribution in [3.05, 3.63) is 104 Å². The molecule has 0 amide bonds. The average molecular weight is 453 g/mol. The molecule has 0 unspecified atom stereocenters. The van der Waals surface area contributed by atoms with Gasteiger partial charge in [0.05, 0.1) is 0 Å². The molecule has 0 spiro atoms. The third-order valence-corrected chi connectivity index (χ3v) is 7.63. The lowest BCUT2D eigenvalue weighted by atomic mass is 9.92. The van der Waals surface area contributed by atoms with E-state index in [2.05, 4.69) is 64.5 Å². The standard InChI is InChI=1S/C23H17BrOS2/c1-14-12-18(13-15(2)21(14)25)23-20(16-6-4-3-5-7-16)22(26-27-23)17-8-10-19(24)11-9-17/h3-13H,1-2H3. The van der Waals surface area contributed by atoms with Crippen molar-refractivity contribution in [2.24, 2.45) is 0 Å². The van der Waals surface area contributed by atoms with Gasteiger partial charge in [-0.1, -0.05) is 80.0 Å². The zero-order valence-electron chi connectivity index (χ0n) is 15.0. The van der Waals surface area contributed by atoms with Gasteiger partial charge in [-0.2, -0.15) is 0 Å². The van der Waals surface area contributed by atoms with E-state index in [4.69, 9.17) is 0 Å². The van der Waals surface area contributed by atoms with Gasteiger partial charge in [-0.05, 0) is 66.0 Å². The van der Waals surface area contributed by atoms with Crippen LogP contribution in [0.25, 0.3) is 10.5 Å². The smallest absolute Gasteiger partial charge is 0.184 e. The quantitative estimate of drug-likeness (QED) is 0.440. The first-order valence-electron chi connectivity index (χ1n) is 8.60. The second-order valence-electron chi connectivity index (χ2n) is 6.51. The van der Waals surface area contributed by atoms with E-state index in [1.165, 1.54) is 26.5 Å². The maximum absolute atomic E-state index is 12.2. The van der Waals surface area contributed by atoms with Gasteiger partial charge in [-0.15, -0.1) is 0 Å². The monoisotopic (exact) mass is 452 g/mol. The summed E-state index contributed by atoms with van der Waals surface area (Å²) >= 11 is 3.52. The molecular formula is C23H17BrOS2. The Kier molecular flexibility index (Phi) is 5.31. The summed E-state index contributed by atoms with van der Waals surface area (Å²) in [6.45, 7) is 3.79. The van der Waals surface area contributed by atoms with Gasteiger partial charge >= 0.3 is 0 Å². The van der Waals surface area contributed by atoms with Gasteiger partial charge in [0.25, 0.3) is 0 Å². The molecule has 1 aliphatic carbocycles. The number of hydrogen-bond donors (Lipinski definition) is 0. The van der Waals surface area contributed by atoms with Gasteiger partial charge in [0, 0.05) is 19.9 Å². The molecule has 4 heteroatoms. The van der Waals surface area contributed by atoms with Crippen molar-refractivity contribution < 1.29 is 4.79 Å². The van der Waals surface area contributed by atoms with Crippen LogP contribution in [0.1, 0.15) is 25.0 Å². The molecule has 0 fully saturated rings. The van der Waals surface area contributed by atoms with Crippen LogP contribution in [0.4, 0.5) is 0 Å². The SMILES string of the molecule is CC1=CC(=C2SSC(c3ccc(Br)cc3)=C2c2ccccc2)C=C(C)C1=O. The fourth-order valence-electron chi connectivity index (χ4n) is 3.20.